The van der Waals surface area contributed by atoms with Gasteiger partial charge in [0.2, 0.25) is 5.72 Å². The van der Waals surface area contributed by atoms with E-state index in [9.17, 15) is 28.2 Å². The van der Waals surface area contributed by atoms with Crippen molar-refractivity contribution in [2.45, 2.75) is 17.9 Å². The van der Waals surface area contributed by atoms with Crippen LogP contribution < -0.4 is 15.4 Å². The Labute approximate surface area is 169 Å². The number of aliphatic hydroxyl groups is 1. The molecular formula is C19H17F3N2O4S. The second-order valence-corrected chi connectivity index (χ2v) is 6.89. The first-order valence-corrected chi connectivity index (χ1v) is 8.83. The summed E-state index contributed by atoms with van der Waals surface area (Å²) in [6, 6.07) is 9.83. The van der Waals surface area contributed by atoms with Gasteiger partial charge in [-0.2, -0.15) is 13.2 Å². The number of hydrogen-bond acceptors (Lipinski definition) is 5. The monoisotopic (exact) mass is 426 g/mol. The van der Waals surface area contributed by atoms with Crippen molar-refractivity contribution in [1.82, 2.24) is 10.6 Å². The fourth-order valence-electron chi connectivity index (χ4n) is 3.29. The van der Waals surface area contributed by atoms with Crippen LogP contribution in [-0.2, 0) is 0 Å². The minimum atomic E-state index is -5.21. The number of halogens is 3. The minimum absolute atomic E-state index is 0.00444. The molecule has 0 aromatic heterocycles. The summed E-state index contributed by atoms with van der Waals surface area (Å²) < 4.78 is 46.7. The lowest BCUT2D eigenvalue weighted by Crippen LogP contribution is -2.72. The van der Waals surface area contributed by atoms with Gasteiger partial charge in [-0.3, -0.25) is 4.79 Å². The molecule has 29 heavy (non-hydrogen) atoms. The summed E-state index contributed by atoms with van der Waals surface area (Å²) in [6.07, 6.45) is -5.21. The first-order valence-electron chi connectivity index (χ1n) is 8.42. The Morgan fingerprint density at radius 1 is 1.21 bits per heavy atom. The molecule has 6 nitrogen and oxygen atoms in total. The Morgan fingerprint density at radius 3 is 2.45 bits per heavy atom. The van der Waals surface area contributed by atoms with Crippen LogP contribution in [-0.4, -0.2) is 40.1 Å². The van der Waals surface area contributed by atoms with Gasteiger partial charge in [-0.1, -0.05) is 36.4 Å². The van der Waals surface area contributed by atoms with Gasteiger partial charge in [0, 0.05) is 5.56 Å². The van der Waals surface area contributed by atoms with Gasteiger partial charge in [0.15, 0.2) is 22.4 Å². The van der Waals surface area contributed by atoms with Gasteiger partial charge in [0.1, 0.15) is 5.92 Å². The van der Waals surface area contributed by atoms with Gasteiger partial charge in [0.05, 0.1) is 13.2 Å². The van der Waals surface area contributed by atoms with E-state index in [1.807, 2.05) is 5.32 Å². The molecule has 0 radical (unpaired) electrons. The molecule has 3 rings (SSSR count). The lowest BCUT2D eigenvalue weighted by Gasteiger charge is -2.46. The molecule has 0 bridgehead atoms. The molecule has 1 heterocycles. The molecule has 1 aliphatic heterocycles. The lowest BCUT2D eigenvalue weighted by molar-refractivity contribution is -0.285. The molecule has 4 N–H and O–H groups in total. The number of ketones is 1. The number of carbonyl (C=O) groups is 1. The molecule has 1 aliphatic rings. The zero-order valence-corrected chi connectivity index (χ0v) is 15.8. The molecule has 0 unspecified atom stereocenters. The molecule has 0 aliphatic carbocycles. The number of nitrogens with one attached hydrogen (secondary N) is 2. The van der Waals surface area contributed by atoms with E-state index in [0.29, 0.717) is 0 Å². The average molecular weight is 426 g/mol. The normalized spacial score (nSPS) is 24.4. The van der Waals surface area contributed by atoms with E-state index >= 15 is 0 Å². The third kappa shape index (κ3) is 3.73. The molecule has 1 saturated heterocycles. The number of benzene rings is 2. The van der Waals surface area contributed by atoms with E-state index in [1.165, 1.54) is 49.6 Å². The van der Waals surface area contributed by atoms with Crippen LogP contribution in [0.1, 0.15) is 22.0 Å². The number of rotatable bonds is 4. The Bertz CT molecular complexity index is 939. The molecule has 10 heteroatoms. The molecule has 3 atom stereocenters. The van der Waals surface area contributed by atoms with Crippen molar-refractivity contribution in [1.29, 1.82) is 0 Å². The molecule has 2 aromatic carbocycles. The fraction of sp³-hybridized carbons (Fsp3) is 0.263. The van der Waals surface area contributed by atoms with Gasteiger partial charge < -0.3 is 25.6 Å². The Kier molecular flexibility index (Phi) is 5.42. The Hall–Kier alpha value is -2.85. The lowest BCUT2D eigenvalue weighted by atomic mass is 9.77. The van der Waals surface area contributed by atoms with E-state index in [0.717, 1.165) is 0 Å². The summed E-state index contributed by atoms with van der Waals surface area (Å²) in [5.74, 6) is -3.20. The van der Waals surface area contributed by atoms with Crippen molar-refractivity contribution in [2.75, 3.05) is 7.11 Å². The smallest absolute Gasteiger partial charge is 0.437 e. The third-order valence-corrected chi connectivity index (χ3v) is 4.93. The average Bonchev–Trinajstić information content (AvgIpc) is 2.67. The zero-order chi connectivity index (χ0) is 21.4. The quantitative estimate of drug-likeness (QED) is 0.442. The fourth-order valence-corrected chi connectivity index (χ4v) is 3.57. The second kappa shape index (κ2) is 7.53. The first-order chi connectivity index (χ1) is 13.6. The number of phenols is 1. The predicted octanol–water partition coefficient (Wildman–Crippen LogP) is 2.67. The van der Waals surface area contributed by atoms with E-state index in [1.54, 1.807) is 6.07 Å². The highest BCUT2D eigenvalue weighted by molar-refractivity contribution is 7.80. The Morgan fingerprint density at radius 2 is 1.86 bits per heavy atom. The first kappa shape index (κ1) is 20.9. The Balaban J connectivity index is 2.18. The highest BCUT2D eigenvalue weighted by Crippen LogP contribution is 2.45. The van der Waals surface area contributed by atoms with E-state index in [2.05, 4.69) is 5.32 Å². The molecule has 0 amide bonds. The molecule has 0 saturated carbocycles. The van der Waals surface area contributed by atoms with Gasteiger partial charge in [-0.25, -0.2) is 0 Å². The van der Waals surface area contributed by atoms with E-state index in [4.69, 9.17) is 17.0 Å². The van der Waals surface area contributed by atoms with Gasteiger partial charge >= 0.3 is 6.18 Å². The zero-order valence-electron chi connectivity index (χ0n) is 15.0. The largest absolute Gasteiger partial charge is 0.504 e. The predicted molar refractivity (Wildman–Crippen MR) is 102 cm³/mol. The number of alkyl halides is 3. The molecule has 0 spiro atoms. The van der Waals surface area contributed by atoms with Crippen molar-refractivity contribution in [2.24, 2.45) is 5.92 Å². The molecular weight excluding hydrogens is 409 g/mol. The van der Waals surface area contributed by atoms with Crippen LogP contribution in [0.25, 0.3) is 0 Å². The number of methoxy groups -OCH3 is 1. The van der Waals surface area contributed by atoms with Crippen molar-refractivity contribution in [3.8, 4) is 11.5 Å². The van der Waals surface area contributed by atoms with E-state index in [-0.39, 0.29) is 22.6 Å². The van der Waals surface area contributed by atoms with Crippen LogP contribution in [0.15, 0.2) is 48.5 Å². The summed E-state index contributed by atoms with van der Waals surface area (Å²) >= 11 is 4.87. The van der Waals surface area contributed by atoms with Crippen molar-refractivity contribution < 1.29 is 32.9 Å². The highest BCUT2D eigenvalue weighted by atomic mass is 32.1. The van der Waals surface area contributed by atoms with Gasteiger partial charge in [-0.05, 0) is 29.9 Å². The number of carbonyl (C=O) groups excluding carboxylic acids is 1. The van der Waals surface area contributed by atoms with E-state index < -0.39 is 34.8 Å². The van der Waals surface area contributed by atoms with Crippen LogP contribution in [0.2, 0.25) is 0 Å². The van der Waals surface area contributed by atoms with Crippen molar-refractivity contribution >= 4 is 23.1 Å². The summed E-state index contributed by atoms with van der Waals surface area (Å²) in [5.41, 5.74) is -3.45. The van der Waals surface area contributed by atoms with Crippen LogP contribution >= 0.6 is 12.2 Å². The SMILES string of the molecule is COc1cc([C@@H]2NC(=S)N[C@@](O)(C(F)(F)F)[C@@H]2C(=O)c2ccccc2)ccc1O. The van der Waals surface area contributed by atoms with Crippen molar-refractivity contribution in [3.05, 3.63) is 59.7 Å². The van der Waals surface area contributed by atoms with Crippen LogP contribution in [0, 0.1) is 5.92 Å². The number of Topliss-reactive ketones (excluding diaryl/α,β-unsaturated/α-hetero) is 1. The van der Waals surface area contributed by atoms with Crippen LogP contribution in [0.4, 0.5) is 13.2 Å². The maximum absolute atomic E-state index is 13.9. The summed E-state index contributed by atoms with van der Waals surface area (Å²) in [4.78, 5) is 13.1. The number of ether oxygens (including phenoxy) is 1. The number of hydrogen-bond donors (Lipinski definition) is 4. The van der Waals surface area contributed by atoms with Crippen molar-refractivity contribution in [3.63, 3.8) is 0 Å². The molecule has 154 valence electrons. The van der Waals surface area contributed by atoms with Crippen LogP contribution in [0.5, 0.6) is 11.5 Å². The maximum Gasteiger partial charge on any atom is 0.437 e. The summed E-state index contributed by atoms with van der Waals surface area (Å²) in [6.45, 7) is 0. The van der Waals surface area contributed by atoms with Gasteiger partial charge in [0.25, 0.3) is 0 Å². The number of thiocarbonyl (C=S) groups is 1. The molecule has 1 fully saturated rings. The number of phenolic OH excluding ortho intramolecular Hbond substituents is 1. The third-order valence-electron chi connectivity index (χ3n) is 4.71. The highest BCUT2D eigenvalue weighted by Gasteiger charge is 2.65. The van der Waals surface area contributed by atoms with Gasteiger partial charge in [-0.15, -0.1) is 0 Å². The summed E-state index contributed by atoms with van der Waals surface area (Å²) in [7, 11) is 1.28. The number of aromatic hydroxyl groups is 1. The maximum atomic E-state index is 13.9. The minimum Gasteiger partial charge on any atom is -0.504 e. The summed E-state index contributed by atoms with van der Waals surface area (Å²) in [5, 5.41) is 24.4. The molecule has 2 aromatic rings. The van der Waals surface area contributed by atoms with Crippen LogP contribution in [0.3, 0.4) is 0 Å². The second-order valence-electron chi connectivity index (χ2n) is 6.48. The standard InChI is InChI=1S/C19H17F3N2O4S/c1-28-13-9-11(7-8-12(13)25)15-14(16(26)10-5-3-2-4-6-10)18(27,19(20,21)22)24-17(29)23-15/h2-9,14-15,25,27H,1H3,(H2,23,24,29)/t14-,15-,18-/m0/s1. The topological polar surface area (TPSA) is 90.8 Å².